The van der Waals surface area contributed by atoms with Gasteiger partial charge in [-0.25, -0.2) is 0 Å². The highest BCUT2D eigenvalue weighted by Crippen LogP contribution is 2.18. The molecule has 0 aliphatic rings. The molecule has 1 aromatic carbocycles. The van der Waals surface area contributed by atoms with Crippen LogP contribution in [0.4, 0.5) is 5.69 Å². The minimum atomic E-state index is 0.148. The fourth-order valence-electron chi connectivity index (χ4n) is 1.61. The van der Waals surface area contributed by atoms with Crippen molar-refractivity contribution in [3.05, 3.63) is 29.8 Å². The zero-order valence-corrected chi connectivity index (χ0v) is 10.3. The van der Waals surface area contributed by atoms with Gasteiger partial charge < -0.3 is 10.2 Å². The Morgan fingerprint density at radius 3 is 2.69 bits per heavy atom. The van der Waals surface area contributed by atoms with Gasteiger partial charge >= 0.3 is 0 Å². The Kier molecular flexibility index (Phi) is 4.99. The van der Waals surface area contributed by atoms with Gasteiger partial charge in [-0.3, -0.25) is 4.79 Å². The molecule has 0 saturated carbocycles. The van der Waals surface area contributed by atoms with Crippen molar-refractivity contribution in [2.24, 2.45) is 0 Å². The van der Waals surface area contributed by atoms with Gasteiger partial charge in [-0.15, -0.1) is 0 Å². The predicted octanol–water partition coefficient (Wildman–Crippen LogP) is 1.96. The van der Waals surface area contributed by atoms with Crippen molar-refractivity contribution < 1.29 is 4.79 Å². The average molecular weight is 220 g/mol. The highest BCUT2D eigenvalue weighted by Gasteiger charge is 2.11. The monoisotopic (exact) mass is 220 g/mol. The number of nitrogens with one attached hydrogen (secondary N) is 1. The smallest absolute Gasteiger partial charge is 0.228 e. The maximum absolute atomic E-state index is 11.9. The molecule has 3 nitrogen and oxygen atoms in total. The standard InChI is InChI=1S/C13H20N2O/c1-4-14-10-9-13(16)15(3)12-8-6-5-7-11(12)2/h5-8,14H,4,9-10H2,1-3H3. The molecule has 0 aromatic heterocycles. The summed E-state index contributed by atoms with van der Waals surface area (Å²) in [4.78, 5) is 13.6. The fraction of sp³-hybridized carbons (Fsp3) is 0.462. The number of aryl methyl sites for hydroxylation is 1. The van der Waals surface area contributed by atoms with E-state index in [1.165, 1.54) is 0 Å². The predicted molar refractivity (Wildman–Crippen MR) is 67.7 cm³/mol. The maximum Gasteiger partial charge on any atom is 0.228 e. The van der Waals surface area contributed by atoms with E-state index in [1.807, 2.05) is 45.2 Å². The third-order valence-electron chi connectivity index (χ3n) is 2.62. The number of carbonyl (C=O) groups excluding carboxylic acids is 1. The summed E-state index contributed by atoms with van der Waals surface area (Å²) >= 11 is 0. The minimum Gasteiger partial charge on any atom is -0.316 e. The van der Waals surface area contributed by atoms with Crippen molar-refractivity contribution in [3.63, 3.8) is 0 Å². The van der Waals surface area contributed by atoms with Crippen LogP contribution in [0.3, 0.4) is 0 Å². The molecule has 0 atom stereocenters. The molecule has 3 heteroatoms. The number of nitrogens with zero attached hydrogens (tertiary/aromatic N) is 1. The van der Waals surface area contributed by atoms with Gasteiger partial charge in [-0.2, -0.15) is 0 Å². The van der Waals surface area contributed by atoms with Crippen molar-refractivity contribution in [2.75, 3.05) is 25.0 Å². The number of carbonyl (C=O) groups is 1. The van der Waals surface area contributed by atoms with Gasteiger partial charge in [-0.1, -0.05) is 25.1 Å². The molecule has 1 aromatic rings. The van der Waals surface area contributed by atoms with Crippen LogP contribution in [-0.2, 0) is 4.79 Å². The first-order chi connectivity index (χ1) is 7.66. The lowest BCUT2D eigenvalue weighted by atomic mass is 10.2. The van der Waals surface area contributed by atoms with E-state index in [4.69, 9.17) is 0 Å². The number of rotatable bonds is 5. The van der Waals surface area contributed by atoms with E-state index in [0.717, 1.165) is 24.3 Å². The van der Waals surface area contributed by atoms with E-state index >= 15 is 0 Å². The quantitative estimate of drug-likeness (QED) is 0.769. The summed E-state index contributed by atoms with van der Waals surface area (Å²) in [6.45, 7) is 5.70. The van der Waals surface area contributed by atoms with Crippen LogP contribution in [0.15, 0.2) is 24.3 Å². The van der Waals surface area contributed by atoms with Crippen LogP contribution in [0.1, 0.15) is 18.9 Å². The lowest BCUT2D eigenvalue weighted by molar-refractivity contribution is -0.118. The normalized spacial score (nSPS) is 10.2. The number of hydrogen-bond donors (Lipinski definition) is 1. The Hall–Kier alpha value is -1.35. The van der Waals surface area contributed by atoms with E-state index in [2.05, 4.69) is 5.32 Å². The van der Waals surface area contributed by atoms with Crippen LogP contribution in [0.25, 0.3) is 0 Å². The Morgan fingerprint density at radius 1 is 1.38 bits per heavy atom. The zero-order valence-electron chi connectivity index (χ0n) is 10.3. The molecule has 0 unspecified atom stereocenters. The van der Waals surface area contributed by atoms with Gasteiger partial charge in [0.05, 0.1) is 0 Å². The third kappa shape index (κ3) is 3.35. The number of para-hydroxylation sites is 1. The molecular weight excluding hydrogens is 200 g/mol. The van der Waals surface area contributed by atoms with Gasteiger partial charge in [0.2, 0.25) is 5.91 Å². The summed E-state index contributed by atoms with van der Waals surface area (Å²) in [6, 6.07) is 7.93. The molecule has 0 spiro atoms. The zero-order chi connectivity index (χ0) is 12.0. The number of hydrogen-bond acceptors (Lipinski definition) is 2. The fourth-order valence-corrected chi connectivity index (χ4v) is 1.61. The molecule has 0 saturated heterocycles. The molecule has 16 heavy (non-hydrogen) atoms. The Bertz CT molecular complexity index is 350. The van der Waals surface area contributed by atoms with Gasteiger partial charge in [0.1, 0.15) is 0 Å². The summed E-state index contributed by atoms with van der Waals surface area (Å²) < 4.78 is 0. The summed E-state index contributed by atoms with van der Waals surface area (Å²) in [5.74, 6) is 0.148. The molecule has 0 aliphatic heterocycles. The van der Waals surface area contributed by atoms with Crippen molar-refractivity contribution >= 4 is 11.6 Å². The molecule has 1 rings (SSSR count). The molecule has 1 N–H and O–H groups in total. The van der Waals surface area contributed by atoms with Gasteiger partial charge in [-0.05, 0) is 25.1 Å². The van der Waals surface area contributed by atoms with Crippen LogP contribution < -0.4 is 10.2 Å². The lowest BCUT2D eigenvalue weighted by Gasteiger charge is -2.19. The number of anilines is 1. The minimum absolute atomic E-state index is 0.148. The first-order valence-electron chi connectivity index (χ1n) is 5.69. The molecule has 88 valence electrons. The van der Waals surface area contributed by atoms with E-state index in [1.54, 1.807) is 4.90 Å². The van der Waals surface area contributed by atoms with Crippen molar-refractivity contribution in [3.8, 4) is 0 Å². The SMILES string of the molecule is CCNCCC(=O)N(C)c1ccccc1C. The van der Waals surface area contributed by atoms with Crippen LogP contribution in [0.5, 0.6) is 0 Å². The first-order valence-corrected chi connectivity index (χ1v) is 5.69. The van der Waals surface area contributed by atoms with Crippen LogP contribution in [0, 0.1) is 6.92 Å². The second-order valence-corrected chi connectivity index (χ2v) is 3.84. The second kappa shape index (κ2) is 6.28. The molecule has 0 radical (unpaired) electrons. The second-order valence-electron chi connectivity index (χ2n) is 3.84. The molecular formula is C13H20N2O. The summed E-state index contributed by atoms with van der Waals surface area (Å²) in [6.07, 6.45) is 0.540. The lowest BCUT2D eigenvalue weighted by Crippen LogP contribution is -2.30. The van der Waals surface area contributed by atoms with Crippen molar-refractivity contribution in [1.29, 1.82) is 0 Å². The summed E-state index contributed by atoms with van der Waals surface area (Å²) in [5, 5.41) is 3.15. The summed E-state index contributed by atoms with van der Waals surface area (Å²) in [5.41, 5.74) is 2.12. The van der Waals surface area contributed by atoms with E-state index in [0.29, 0.717) is 6.42 Å². The van der Waals surface area contributed by atoms with E-state index < -0.39 is 0 Å². The number of benzene rings is 1. The molecule has 0 bridgehead atoms. The van der Waals surface area contributed by atoms with E-state index in [9.17, 15) is 4.79 Å². The maximum atomic E-state index is 11.9. The van der Waals surface area contributed by atoms with Gasteiger partial charge in [0.15, 0.2) is 0 Å². The topological polar surface area (TPSA) is 32.3 Å². The number of amides is 1. The molecule has 0 heterocycles. The van der Waals surface area contributed by atoms with Gasteiger partial charge in [0, 0.05) is 25.7 Å². The highest BCUT2D eigenvalue weighted by atomic mass is 16.2. The highest BCUT2D eigenvalue weighted by molar-refractivity contribution is 5.93. The molecule has 0 fully saturated rings. The Balaban J connectivity index is 2.60. The van der Waals surface area contributed by atoms with Crippen molar-refractivity contribution in [2.45, 2.75) is 20.3 Å². The largest absolute Gasteiger partial charge is 0.316 e. The van der Waals surface area contributed by atoms with Gasteiger partial charge in [0.25, 0.3) is 0 Å². The van der Waals surface area contributed by atoms with Crippen LogP contribution in [0.2, 0.25) is 0 Å². The van der Waals surface area contributed by atoms with Crippen molar-refractivity contribution in [1.82, 2.24) is 5.32 Å². The Labute approximate surface area is 97.5 Å². The molecule has 1 amide bonds. The first kappa shape index (κ1) is 12.7. The van der Waals surface area contributed by atoms with Crippen LogP contribution in [-0.4, -0.2) is 26.0 Å². The Morgan fingerprint density at radius 2 is 2.06 bits per heavy atom. The van der Waals surface area contributed by atoms with E-state index in [-0.39, 0.29) is 5.91 Å². The van der Waals surface area contributed by atoms with Crippen LogP contribution >= 0.6 is 0 Å². The summed E-state index contributed by atoms with van der Waals surface area (Å²) in [7, 11) is 1.83. The third-order valence-corrected chi connectivity index (χ3v) is 2.62. The average Bonchev–Trinajstić information content (AvgIpc) is 2.29. The molecule has 0 aliphatic carbocycles.